The van der Waals surface area contributed by atoms with Gasteiger partial charge >= 0.3 is 0 Å². The molecule has 0 saturated carbocycles. The molecule has 1 rings (SSSR count). The molecule has 0 radical (unpaired) electrons. The second-order valence-corrected chi connectivity index (χ2v) is 4.57. The molecule has 0 fully saturated rings. The van der Waals surface area contributed by atoms with Crippen molar-refractivity contribution >= 4 is 5.78 Å². The third-order valence-electron chi connectivity index (χ3n) is 2.95. The van der Waals surface area contributed by atoms with E-state index in [1.807, 2.05) is 38.4 Å². The van der Waals surface area contributed by atoms with Crippen molar-refractivity contribution in [2.75, 3.05) is 7.05 Å². The van der Waals surface area contributed by atoms with Crippen LogP contribution in [0, 0.1) is 6.92 Å². The number of ketones is 1. The molecule has 0 amide bonds. The highest BCUT2D eigenvalue weighted by atomic mass is 16.1. The molecule has 4 heteroatoms. The zero-order chi connectivity index (χ0) is 12.3. The Morgan fingerprint density at radius 1 is 1.56 bits per heavy atom. The van der Waals surface area contributed by atoms with Crippen LogP contribution in [-0.2, 0) is 17.8 Å². The van der Waals surface area contributed by atoms with Gasteiger partial charge in [-0.3, -0.25) is 9.48 Å². The van der Waals surface area contributed by atoms with Gasteiger partial charge in [0.05, 0.1) is 17.7 Å². The molecule has 0 aliphatic rings. The van der Waals surface area contributed by atoms with Crippen LogP contribution in [0.25, 0.3) is 0 Å². The Balaban J connectivity index is 2.84. The highest BCUT2D eigenvalue weighted by Crippen LogP contribution is 2.11. The van der Waals surface area contributed by atoms with Crippen molar-refractivity contribution < 1.29 is 4.79 Å². The monoisotopic (exact) mass is 223 g/mol. The Labute approximate surface area is 97.0 Å². The molecule has 1 N–H and O–H groups in total. The summed E-state index contributed by atoms with van der Waals surface area (Å²) in [5.41, 5.74) is 1.48. The first-order chi connectivity index (χ1) is 7.40. The van der Waals surface area contributed by atoms with Crippen molar-refractivity contribution in [3.8, 4) is 0 Å². The van der Waals surface area contributed by atoms with Crippen LogP contribution in [0.2, 0.25) is 0 Å². The molecule has 16 heavy (non-hydrogen) atoms. The highest BCUT2D eigenvalue weighted by Gasteiger charge is 2.25. The lowest BCUT2D eigenvalue weighted by Gasteiger charge is -2.22. The Hall–Kier alpha value is -1.16. The summed E-state index contributed by atoms with van der Waals surface area (Å²) in [5.74, 6) is 0.185. The van der Waals surface area contributed by atoms with Gasteiger partial charge in [0.25, 0.3) is 0 Å². The topological polar surface area (TPSA) is 46.9 Å². The van der Waals surface area contributed by atoms with Crippen LogP contribution >= 0.6 is 0 Å². The van der Waals surface area contributed by atoms with Crippen molar-refractivity contribution in [2.45, 2.75) is 46.2 Å². The van der Waals surface area contributed by atoms with Gasteiger partial charge in [0.2, 0.25) is 0 Å². The molecule has 1 aromatic heterocycles. The molecule has 0 atom stereocenters. The van der Waals surface area contributed by atoms with Gasteiger partial charge in [0, 0.05) is 12.2 Å². The third-order valence-corrected chi connectivity index (χ3v) is 2.95. The maximum Gasteiger partial charge on any atom is 0.158 e. The van der Waals surface area contributed by atoms with E-state index >= 15 is 0 Å². The molecule has 4 nitrogen and oxygen atoms in total. The number of carbonyl (C=O) groups is 1. The van der Waals surface area contributed by atoms with Crippen LogP contribution < -0.4 is 5.32 Å². The molecular formula is C12H21N3O. The zero-order valence-corrected chi connectivity index (χ0v) is 10.8. The first-order valence-electron chi connectivity index (χ1n) is 5.66. The van der Waals surface area contributed by atoms with Gasteiger partial charge in [-0.15, -0.1) is 0 Å². The van der Waals surface area contributed by atoms with E-state index in [0.717, 1.165) is 17.9 Å². The molecule has 0 aliphatic carbocycles. The maximum atomic E-state index is 12.0. The molecule has 1 heterocycles. The van der Waals surface area contributed by atoms with Crippen LogP contribution in [0.3, 0.4) is 0 Å². The number of carbonyl (C=O) groups excluding carboxylic acids is 1. The quantitative estimate of drug-likeness (QED) is 0.819. The van der Waals surface area contributed by atoms with E-state index in [9.17, 15) is 4.79 Å². The van der Waals surface area contributed by atoms with Crippen LogP contribution in [0.4, 0.5) is 0 Å². The molecular weight excluding hydrogens is 202 g/mol. The van der Waals surface area contributed by atoms with E-state index in [2.05, 4.69) is 10.4 Å². The molecule has 0 bridgehead atoms. The number of hydrogen-bond acceptors (Lipinski definition) is 3. The lowest BCUT2D eigenvalue weighted by atomic mass is 9.96. The highest BCUT2D eigenvalue weighted by molar-refractivity contribution is 5.89. The number of likely N-dealkylation sites (N-methyl/N-ethyl adjacent to an activating group) is 1. The number of hydrogen-bond donors (Lipinski definition) is 1. The summed E-state index contributed by atoms with van der Waals surface area (Å²) < 4.78 is 1.89. The summed E-state index contributed by atoms with van der Waals surface area (Å²) in [4.78, 5) is 12.0. The number of nitrogens with one attached hydrogen (secondary N) is 1. The first-order valence-corrected chi connectivity index (χ1v) is 5.66. The van der Waals surface area contributed by atoms with Crippen LogP contribution in [0.5, 0.6) is 0 Å². The Kier molecular flexibility index (Phi) is 3.86. The average molecular weight is 223 g/mol. The molecule has 0 aromatic carbocycles. The van der Waals surface area contributed by atoms with Gasteiger partial charge < -0.3 is 5.32 Å². The minimum atomic E-state index is -0.475. The van der Waals surface area contributed by atoms with Gasteiger partial charge in [0.1, 0.15) is 0 Å². The third kappa shape index (κ3) is 2.70. The van der Waals surface area contributed by atoms with E-state index in [1.165, 1.54) is 0 Å². The fraction of sp³-hybridized carbons (Fsp3) is 0.667. The van der Waals surface area contributed by atoms with E-state index < -0.39 is 5.54 Å². The maximum absolute atomic E-state index is 12.0. The average Bonchev–Trinajstić information content (AvgIpc) is 2.58. The molecule has 0 spiro atoms. The number of aryl methyl sites for hydroxylation is 2. The minimum Gasteiger partial charge on any atom is -0.308 e. The van der Waals surface area contributed by atoms with Gasteiger partial charge in [-0.1, -0.05) is 0 Å². The molecule has 0 saturated heterocycles. The van der Waals surface area contributed by atoms with Crippen LogP contribution in [0.15, 0.2) is 6.07 Å². The molecule has 0 aliphatic heterocycles. The predicted octanol–water partition coefficient (Wildman–Crippen LogP) is 1.32. The summed E-state index contributed by atoms with van der Waals surface area (Å²) in [5, 5.41) is 7.36. The van der Waals surface area contributed by atoms with Crippen molar-refractivity contribution in [1.29, 1.82) is 0 Å². The van der Waals surface area contributed by atoms with E-state index in [4.69, 9.17) is 0 Å². The van der Waals surface area contributed by atoms with Crippen molar-refractivity contribution in [1.82, 2.24) is 15.1 Å². The zero-order valence-electron chi connectivity index (χ0n) is 10.8. The minimum absolute atomic E-state index is 0.185. The standard InChI is InChI=1S/C12H21N3O/c1-6-15-10(7-9(2)14-15)8-11(16)12(3,4)13-5/h7,13H,6,8H2,1-5H3. The van der Waals surface area contributed by atoms with E-state index in [0.29, 0.717) is 6.42 Å². The lowest BCUT2D eigenvalue weighted by Crippen LogP contribution is -2.45. The second kappa shape index (κ2) is 4.78. The summed E-state index contributed by atoms with van der Waals surface area (Å²) in [6.45, 7) is 8.58. The number of nitrogens with zero attached hydrogens (tertiary/aromatic N) is 2. The normalized spacial score (nSPS) is 11.8. The lowest BCUT2D eigenvalue weighted by molar-refractivity contribution is -0.123. The Morgan fingerprint density at radius 3 is 2.69 bits per heavy atom. The van der Waals surface area contributed by atoms with Gasteiger partial charge in [0.15, 0.2) is 5.78 Å². The molecule has 0 unspecified atom stereocenters. The smallest absolute Gasteiger partial charge is 0.158 e. The summed E-state index contributed by atoms with van der Waals surface area (Å²) in [7, 11) is 1.81. The predicted molar refractivity (Wildman–Crippen MR) is 64.5 cm³/mol. The second-order valence-electron chi connectivity index (χ2n) is 4.57. The molecule has 90 valence electrons. The van der Waals surface area contributed by atoms with Gasteiger partial charge in [-0.05, 0) is 40.8 Å². The summed E-state index contributed by atoms with van der Waals surface area (Å²) in [6, 6.07) is 1.98. The number of rotatable bonds is 5. The molecule has 1 aromatic rings. The van der Waals surface area contributed by atoms with Gasteiger partial charge in [-0.2, -0.15) is 5.10 Å². The largest absolute Gasteiger partial charge is 0.308 e. The van der Waals surface area contributed by atoms with Crippen molar-refractivity contribution in [3.63, 3.8) is 0 Å². The summed E-state index contributed by atoms with van der Waals surface area (Å²) >= 11 is 0. The van der Waals surface area contributed by atoms with E-state index in [1.54, 1.807) is 7.05 Å². The first kappa shape index (κ1) is 12.9. The number of aromatic nitrogens is 2. The fourth-order valence-electron chi connectivity index (χ4n) is 1.54. The van der Waals surface area contributed by atoms with Crippen molar-refractivity contribution in [3.05, 3.63) is 17.5 Å². The number of Topliss-reactive ketones (excluding diaryl/α,β-unsaturated/α-hetero) is 1. The van der Waals surface area contributed by atoms with Crippen LogP contribution in [0.1, 0.15) is 32.2 Å². The van der Waals surface area contributed by atoms with Crippen molar-refractivity contribution in [2.24, 2.45) is 0 Å². The Morgan fingerprint density at radius 2 is 2.19 bits per heavy atom. The Bertz CT molecular complexity index is 380. The SMILES string of the molecule is CCn1nc(C)cc1CC(=O)C(C)(C)NC. The fourth-order valence-corrected chi connectivity index (χ4v) is 1.54. The summed E-state index contributed by atoms with van der Waals surface area (Å²) in [6.07, 6.45) is 0.433. The van der Waals surface area contributed by atoms with E-state index in [-0.39, 0.29) is 5.78 Å². The van der Waals surface area contributed by atoms with Crippen LogP contribution in [-0.4, -0.2) is 28.2 Å². The van der Waals surface area contributed by atoms with Gasteiger partial charge in [-0.25, -0.2) is 0 Å².